The summed E-state index contributed by atoms with van der Waals surface area (Å²) in [4.78, 5) is 11.9. The minimum absolute atomic E-state index is 0.191. The Kier molecular flexibility index (Phi) is 3.21. The van der Waals surface area contributed by atoms with Crippen LogP contribution < -0.4 is 10.6 Å². The lowest BCUT2D eigenvalue weighted by Gasteiger charge is -2.28. The summed E-state index contributed by atoms with van der Waals surface area (Å²) in [5.41, 5.74) is 0. The summed E-state index contributed by atoms with van der Waals surface area (Å²) in [6, 6.07) is 1.74. The topological polar surface area (TPSA) is 67.2 Å². The second-order valence-corrected chi connectivity index (χ2v) is 6.05. The molecule has 4 atom stereocenters. The van der Waals surface area contributed by atoms with Gasteiger partial charge in [0.05, 0.1) is 0 Å². The highest BCUT2D eigenvalue weighted by Gasteiger charge is 2.42. The van der Waals surface area contributed by atoms with Crippen LogP contribution in [0.3, 0.4) is 0 Å². The van der Waals surface area contributed by atoms with E-state index in [1.807, 2.05) is 0 Å². The number of hydrogen-bond donors (Lipinski definition) is 2. The molecule has 104 valence electrons. The Labute approximate surface area is 113 Å². The molecule has 1 heterocycles. The summed E-state index contributed by atoms with van der Waals surface area (Å²) in [5.74, 6) is 3.52. The number of hydrogen-bond acceptors (Lipinski definition) is 3. The molecular formula is C14H21N3O2. The largest absolute Gasteiger partial charge is 0.360 e. The van der Waals surface area contributed by atoms with Crippen LogP contribution in [0.15, 0.2) is 10.6 Å². The van der Waals surface area contributed by atoms with E-state index in [0.29, 0.717) is 17.5 Å². The maximum atomic E-state index is 11.9. The van der Waals surface area contributed by atoms with E-state index >= 15 is 0 Å². The molecule has 2 bridgehead atoms. The van der Waals surface area contributed by atoms with E-state index in [1.54, 1.807) is 13.0 Å². The molecule has 3 rings (SSSR count). The molecule has 19 heavy (non-hydrogen) atoms. The molecule has 0 saturated heterocycles. The van der Waals surface area contributed by atoms with Crippen LogP contribution in [0.2, 0.25) is 0 Å². The van der Waals surface area contributed by atoms with Gasteiger partial charge in [-0.05, 0) is 50.9 Å². The molecule has 0 spiro atoms. The van der Waals surface area contributed by atoms with E-state index in [0.717, 1.165) is 11.8 Å². The van der Waals surface area contributed by atoms with Gasteiger partial charge in [0, 0.05) is 12.1 Å². The van der Waals surface area contributed by atoms with Crippen LogP contribution >= 0.6 is 0 Å². The van der Waals surface area contributed by atoms with Gasteiger partial charge in [0.25, 0.3) is 0 Å². The number of anilines is 1. The normalized spacial score (nSPS) is 30.3. The molecule has 0 aliphatic heterocycles. The lowest BCUT2D eigenvalue weighted by atomic mass is 9.84. The van der Waals surface area contributed by atoms with Crippen molar-refractivity contribution in [3.63, 3.8) is 0 Å². The second kappa shape index (κ2) is 4.87. The number of rotatable bonds is 3. The first-order valence-corrected chi connectivity index (χ1v) is 7.12. The maximum absolute atomic E-state index is 11.9. The summed E-state index contributed by atoms with van der Waals surface area (Å²) < 4.78 is 4.92. The van der Waals surface area contributed by atoms with Crippen LogP contribution in [0.4, 0.5) is 10.6 Å². The van der Waals surface area contributed by atoms with Gasteiger partial charge in [-0.1, -0.05) is 11.6 Å². The van der Waals surface area contributed by atoms with Crippen molar-refractivity contribution in [3.8, 4) is 0 Å². The number of aromatic nitrogens is 1. The summed E-state index contributed by atoms with van der Waals surface area (Å²) in [5, 5.41) is 9.49. The predicted octanol–water partition coefficient (Wildman–Crippen LogP) is 2.93. The van der Waals surface area contributed by atoms with Crippen molar-refractivity contribution < 1.29 is 9.32 Å². The zero-order chi connectivity index (χ0) is 13.4. The molecule has 0 aromatic carbocycles. The van der Waals surface area contributed by atoms with Crippen molar-refractivity contribution in [2.75, 3.05) is 5.32 Å². The Bertz CT molecular complexity index is 471. The Hall–Kier alpha value is -1.52. The number of nitrogens with one attached hydrogen (secondary N) is 2. The van der Waals surface area contributed by atoms with Crippen LogP contribution in [0.1, 0.15) is 38.4 Å². The minimum Gasteiger partial charge on any atom is -0.360 e. The Balaban J connectivity index is 1.52. The van der Waals surface area contributed by atoms with Crippen molar-refractivity contribution in [1.29, 1.82) is 0 Å². The smallest absolute Gasteiger partial charge is 0.320 e. The third-order valence-corrected chi connectivity index (χ3v) is 4.66. The number of urea groups is 1. The first-order valence-electron chi connectivity index (χ1n) is 7.12. The average molecular weight is 263 g/mol. The summed E-state index contributed by atoms with van der Waals surface area (Å²) in [6.07, 6.45) is 5.36. The van der Waals surface area contributed by atoms with E-state index in [4.69, 9.17) is 4.52 Å². The first-order chi connectivity index (χ1) is 9.11. The monoisotopic (exact) mass is 263 g/mol. The highest BCUT2D eigenvalue weighted by Crippen LogP contribution is 2.49. The van der Waals surface area contributed by atoms with Crippen molar-refractivity contribution in [3.05, 3.63) is 11.8 Å². The Morgan fingerprint density at radius 3 is 2.89 bits per heavy atom. The standard InChI is InChI=1S/C14H21N3O2/c1-8-5-13(17-19-8)16-14(18)15-9(2)12-7-10-3-4-11(12)6-10/h5,9-12H,3-4,6-7H2,1-2H3,(H2,15,16,17,18). The van der Waals surface area contributed by atoms with Gasteiger partial charge < -0.3 is 9.84 Å². The molecule has 5 nitrogen and oxygen atoms in total. The van der Waals surface area contributed by atoms with Crippen molar-refractivity contribution in [2.45, 2.75) is 45.6 Å². The zero-order valence-electron chi connectivity index (χ0n) is 11.5. The highest BCUT2D eigenvalue weighted by molar-refractivity contribution is 5.88. The molecule has 1 aromatic rings. The van der Waals surface area contributed by atoms with Crippen LogP contribution in [-0.4, -0.2) is 17.2 Å². The van der Waals surface area contributed by atoms with Gasteiger partial charge >= 0.3 is 6.03 Å². The SMILES string of the molecule is Cc1cc(NC(=O)NC(C)C2CC3CCC2C3)no1. The van der Waals surface area contributed by atoms with Gasteiger partial charge in [0.1, 0.15) is 5.76 Å². The van der Waals surface area contributed by atoms with E-state index in [1.165, 1.54) is 25.7 Å². The molecule has 2 aliphatic rings. The van der Waals surface area contributed by atoms with Crippen LogP contribution in [0, 0.1) is 24.7 Å². The van der Waals surface area contributed by atoms with E-state index < -0.39 is 0 Å². The molecule has 1 aromatic heterocycles. The van der Waals surface area contributed by atoms with E-state index in [2.05, 4.69) is 22.7 Å². The molecule has 5 heteroatoms. The molecule has 2 fully saturated rings. The maximum Gasteiger partial charge on any atom is 0.320 e. The summed E-state index contributed by atoms with van der Waals surface area (Å²) >= 11 is 0. The van der Waals surface area contributed by atoms with Crippen molar-refractivity contribution in [2.24, 2.45) is 17.8 Å². The summed E-state index contributed by atoms with van der Waals surface area (Å²) in [7, 11) is 0. The van der Waals surface area contributed by atoms with Gasteiger partial charge in [0.2, 0.25) is 0 Å². The molecule has 2 saturated carbocycles. The fraction of sp³-hybridized carbons (Fsp3) is 0.714. The Morgan fingerprint density at radius 1 is 1.47 bits per heavy atom. The van der Waals surface area contributed by atoms with Crippen LogP contribution in [0.5, 0.6) is 0 Å². The fourth-order valence-corrected chi connectivity index (χ4v) is 3.80. The first kappa shape index (κ1) is 12.5. The lowest BCUT2D eigenvalue weighted by Crippen LogP contribution is -2.42. The molecular weight excluding hydrogens is 242 g/mol. The van der Waals surface area contributed by atoms with Crippen molar-refractivity contribution >= 4 is 11.8 Å². The lowest BCUT2D eigenvalue weighted by molar-refractivity contribution is 0.230. The second-order valence-electron chi connectivity index (χ2n) is 6.05. The highest BCUT2D eigenvalue weighted by atomic mass is 16.5. The van der Waals surface area contributed by atoms with Gasteiger partial charge in [0.15, 0.2) is 5.82 Å². The third kappa shape index (κ3) is 2.60. The molecule has 0 radical (unpaired) electrons. The van der Waals surface area contributed by atoms with Crippen molar-refractivity contribution in [1.82, 2.24) is 10.5 Å². The Morgan fingerprint density at radius 2 is 2.32 bits per heavy atom. The molecule has 4 unspecified atom stereocenters. The van der Waals surface area contributed by atoms with Gasteiger partial charge in [-0.25, -0.2) is 4.79 Å². The van der Waals surface area contributed by atoms with Gasteiger partial charge in [-0.3, -0.25) is 5.32 Å². The van der Waals surface area contributed by atoms with E-state index in [9.17, 15) is 4.79 Å². The molecule has 2 amide bonds. The number of carbonyl (C=O) groups excluding carboxylic acids is 1. The predicted molar refractivity (Wildman–Crippen MR) is 71.8 cm³/mol. The molecule has 2 aliphatic carbocycles. The minimum atomic E-state index is -0.191. The van der Waals surface area contributed by atoms with E-state index in [-0.39, 0.29) is 12.1 Å². The summed E-state index contributed by atoms with van der Waals surface area (Å²) in [6.45, 7) is 3.91. The number of aryl methyl sites for hydroxylation is 1. The number of nitrogens with zero attached hydrogens (tertiary/aromatic N) is 1. The van der Waals surface area contributed by atoms with Gasteiger partial charge in [-0.2, -0.15) is 0 Å². The van der Waals surface area contributed by atoms with Crippen LogP contribution in [-0.2, 0) is 0 Å². The fourth-order valence-electron chi connectivity index (χ4n) is 3.80. The van der Waals surface area contributed by atoms with Gasteiger partial charge in [-0.15, -0.1) is 0 Å². The third-order valence-electron chi connectivity index (χ3n) is 4.66. The quantitative estimate of drug-likeness (QED) is 0.881. The van der Waals surface area contributed by atoms with Crippen LogP contribution in [0.25, 0.3) is 0 Å². The average Bonchev–Trinajstić information content (AvgIpc) is 3.05. The molecule has 2 N–H and O–H groups in total. The number of fused-ring (bicyclic) bond motifs is 2. The number of amides is 2. The number of carbonyl (C=O) groups is 1. The zero-order valence-corrected chi connectivity index (χ0v) is 11.5.